The number of thiophene rings is 2. The Kier molecular flexibility index (Phi) is 6.56. The molecule has 0 aliphatic carbocycles. The summed E-state index contributed by atoms with van der Waals surface area (Å²) in [7, 11) is 0. The highest BCUT2D eigenvalue weighted by molar-refractivity contribution is 7.26. The topological polar surface area (TPSA) is 51.6 Å². The van der Waals surface area contributed by atoms with Crippen LogP contribution in [-0.4, -0.2) is 19.9 Å². The highest BCUT2D eigenvalue weighted by Crippen LogP contribution is 2.46. The van der Waals surface area contributed by atoms with E-state index in [9.17, 15) is 0 Å². The van der Waals surface area contributed by atoms with Crippen molar-refractivity contribution in [2.45, 2.75) is 0 Å². The van der Waals surface area contributed by atoms with Gasteiger partial charge in [-0.2, -0.15) is 0 Å². The van der Waals surface area contributed by atoms with Crippen molar-refractivity contribution in [2.24, 2.45) is 0 Å². The number of hydrogen-bond donors (Lipinski definition) is 0. The van der Waals surface area contributed by atoms with Crippen LogP contribution in [0.3, 0.4) is 0 Å². The first kappa shape index (κ1) is 29.4. The quantitative estimate of drug-likeness (QED) is 0.172. The zero-order valence-corrected chi connectivity index (χ0v) is 29.2. The van der Waals surface area contributed by atoms with Crippen LogP contribution in [0.1, 0.15) is 0 Å². The molecule has 0 saturated carbocycles. The Morgan fingerprint density at radius 1 is 0.346 bits per heavy atom. The lowest BCUT2D eigenvalue weighted by atomic mass is 9.96. The zero-order chi connectivity index (χ0) is 34.2. The molecule has 6 heteroatoms. The van der Waals surface area contributed by atoms with Crippen molar-refractivity contribution in [1.82, 2.24) is 19.9 Å². The molecular formula is C46H26N4S2. The Morgan fingerprint density at radius 2 is 1.00 bits per heavy atom. The summed E-state index contributed by atoms with van der Waals surface area (Å²) in [5.74, 6) is 1.99. The molecule has 0 spiro atoms. The third-order valence-corrected chi connectivity index (χ3v) is 12.3. The number of nitrogens with zero attached hydrogens (tertiary/aromatic N) is 4. The summed E-state index contributed by atoms with van der Waals surface area (Å²) in [6.45, 7) is 0. The fourth-order valence-corrected chi connectivity index (χ4v) is 9.89. The maximum absolute atomic E-state index is 5.23. The Labute approximate surface area is 306 Å². The van der Waals surface area contributed by atoms with Crippen LogP contribution in [0.25, 0.3) is 107 Å². The van der Waals surface area contributed by atoms with Gasteiger partial charge in [-0.05, 0) is 30.3 Å². The summed E-state index contributed by atoms with van der Waals surface area (Å²) in [5.41, 5.74) is 6.02. The third-order valence-electron chi connectivity index (χ3n) is 9.92. The predicted molar refractivity (Wildman–Crippen MR) is 220 cm³/mol. The van der Waals surface area contributed by atoms with Crippen molar-refractivity contribution in [3.8, 4) is 45.4 Å². The van der Waals surface area contributed by atoms with E-state index in [-0.39, 0.29) is 0 Å². The van der Waals surface area contributed by atoms with E-state index >= 15 is 0 Å². The third kappa shape index (κ3) is 4.58. The first-order valence-electron chi connectivity index (χ1n) is 17.2. The fourth-order valence-electron chi connectivity index (χ4n) is 7.53. The molecule has 0 aliphatic rings. The summed E-state index contributed by atoms with van der Waals surface area (Å²) in [6.07, 6.45) is 0. The number of hydrogen-bond acceptors (Lipinski definition) is 6. The monoisotopic (exact) mass is 698 g/mol. The van der Waals surface area contributed by atoms with Crippen LogP contribution in [0.2, 0.25) is 0 Å². The van der Waals surface area contributed by atoms with Gasteiger partial charge in [0.15, 0.2) is 17.5 Å². The van der Waals surface area contributed by atoms with Crippen molar-refractivity contribution in [3.05, 3.63) is 158 Å². The molecule has 0 aliphatic heterocycles. The second-order valence-corrected chi connectivity index (χ2v) is 15.1. The van der Waals surface area contributed by atoms with Crippen LogP contribution >= 0.6 is 22.7 Å². The lowest BCUT2D eigenvalue weighted by Crippen LogP contribution is -2.00. The average Bonchev–Trinajstić information content (AvgIpc) is 3.79. The molecule has 52 heavy (non-hydrogen) atoms. The van der Waals surface area contributed by atoms with Crippen molar-refractivity contribution >= 4 is 84.7 Å². The van der Waals surface area contributed by atoms with E-state index in [2.05, 4.69) is 140 Å². The molecule has 0 N–H and O–H groups in total. The molecule has 0 atom stereocenters. The average molecular weight is 699 g/mol. The smallest absolute Gasteiger partial charge is 0.165 e. The van der Waals surface area contributed by atoms with Gasteiger partial charge in [0.25, 0.3) is 0 Å². The lowest BCUT2D eigenvalue weighted by Gasteiger charge is -2.12. The maximum Gasteiger partial charge on any atom is 0.165 e. The van der Waals surface area contributed by atoms with Crippen LogP contribution in [0.5, 0.6) is 0 Å². The lowest BCUT2D eigenvalue weighted by molar-refractivity contribution is 1.08. The Bertz CT molecular complexity index is 3180. The molecule has 11 aromatic rings. The van der Waals surface area contributed by atoms with E-state index < -0.39 is 0 Å². The first-order chi connectivity index (χ1) is 25.8. The summed E-state index contributed by atoms with van der Waals surface area (Å²) in [4.78, 5) is 20.7. The molecule has 0 radical (unpaired) electrons. The molecule has 4 nitrogen and oxygen atoms in total. The molecule has 4 heterocycles. The fraction of sp³-hybridized carbons (Fsp3) is 0. The molecule has 0 saturated heterocycles. The van der Waals surface area contributed by atoms with Gasteiger partial charge in [-0.1, -0.05) is 127 Å². The summed E-state index contributed by atoms with van der Waals surface area (Å²) >= 11 is 3.60. The van der Waals surface area contributed by atoms with E-state index in [1.807, 2.05) is 18.2 Å². The van der Waals surface area contributed by atoms with E-state index in [0.717, 1.165) is 48.9 Å². The van der Waals surface area contributed by atoms with Gasteiger partial charge >= 0.3 is 0 Å². The SMILES string of the molecule is c1ccc(-c2nc(-c3ccc4c(c3)sc3ccccc34)nc(-c3cccc4c3sc3ccc5c(-c6ccccc6)nc6ccccc6c5c34)n2)cc1. The Balaban J connectivity index is 1.17. The minimum atomic E-state index is 0.658. The molecule has 0 bridgehead atoms. The second-order valence-electron chi connectivity index (χ2n) is 13.0. The van der Waals surface area contributed by atoms with Gasteiger partial charge in [0.05, 0.1) is 11.2 Å². The second kappa shape index (κ2) is 11.6. The van der Waals surface area contributed by atoms with Gasteiger partial charge in [-0.15, -0.1) is 22.7 Å². The number of fused-ring (bicyclic) bond motifs is 10. The molecule has 0 fully saturated rings. The van der Waals surface area contributed by atoms with Crippen LogP contribution in [-0.2, 0) is 0 Å². The summed E-state index contributed by atoms with van der Waals surface area (Å²) < 4.78 is 4.87. The number of pyridine rings is 1. The van der Waals surface area contributed by atoms with Crippen LogP contribution in [0.4, 0.5) is 0 Å². The number of benzene rings is 7. The maximum atomic E-state index is 5.23. The number of para-hydroxylation sites is 1. The standard InChI is InChI=1S/C46H26N4S2/c1-3-12-27(13-4-1)42-33-24-25-38-41(40(33)32-17-7-9-20-36(32)47-42)34-18-11-19-35(43(34)52-38)46-49-44(28-14-5-2-6-15-28)48-45(50-46)29-22-23-31-30-16-8-10-21-37(30)51-39(31)26-29/h1-26H. The molecular weight excluding hydrogens is 673 g/mol. The van der Waals surface area contributed by atoms with Crippen LogP contribution in [0.15, 0.2) is 158 Å². The molecule has 11 rings (SSSR count). The molecule has 4 aromatic heterocycles. The number of aromatic nitrogens is 4. The van der Waals surface area contributed by atoms with Gasteiger partial charge in [-0.25, -0.2) is 19.9 Å². The van der Waals surface area contributed by atoms with E-state index in [1.54, 1.807) is 22.7 Å². The molecule has 7 aromatic carbocycles. The molecule has 0 amide bonds. The van der Waals surface area contributed by atoms with E-state index in [0.29, 0.717) is 17.5 Å². The molecule has 242 valence electrons. The van der Waals surface area contributed by atoms with Crippen LogP contribution in [0, 0.1) is 0 Å². The largest absolute Gasteiger partial charge is 0.247 e. The highest BCUT2D eigenvalue weighted by atomic mass is 32.1. The summed E-state index contributed by atoms with van der Waals surface area (Å²) in [6, 6.07) is 55.4. The predicted octanol–water partition coefficient (Wildman–Crippen LogP) is 13.0. The minimum Gasteiger partial charge on any atom is -0.247 e. The van der Waals surface area contributed by atoms with Gasteiger partial charge in [0, 0.05) is 78.8 Å². The molecule has 0 unspecified atom stereocenters. The normalized spacial score (nSPS) is 11.8. The van der Waals surface area contributed by atoms with E-state index in [4.69, 9.17) is 19.9 Å². The van der Waals surface area contributed by atoms with Gasteiger partial charge in [0.1, 0.15) is 0 Å². The number of rotatable bonds is 4. The van der Waals surface area contributed by atoms with Gasteiger partial charge in [0.2, 0.25) is 0 Å². The van der Waals surface area contributed by atoms with E-state index in [1.165, 1.54) is 41.0 Å². The minimum absolute atomic E-state index is 0.658. The van der Waals surface area contributed by atoms with Crippen molar-refractivity contribution in [2.75, 3.05) is 0 Å². The Morgan fingerprint density at radius 3 is 1.85 bits per heavy atom. The highest BCUT2D eigenvalue weighted by Gasteiger charge is 2.20. The zero-order valence-electron chi connectivity index (χ0n) is 27.6. The van der Waals surface area contributed by atoms with Crippen LogP contribution < -0.4 is 0 Å². The Hall–Kier alpha value is -6.34. The van der Waals surface area contributed by atoms with Crippen molar-refractivity contribution in [1.29, 1.82) is 0 Å². The van der Waals surface area contributed by atoms with Gasteiger partial charge in [-0.3, -0.25) is 0 Å². The van der Waals surface area contributed by atoms with Crippen molar-refractivity contribution < 1.29 is 0 Å². The summed E-state index contributed by atoms with van der Waals surface area (Å²) in [5, 5.41) is 8.48. The first-order valence-corrected chi connectivity index (χ1v) is 18.9. The van der Waals surface area contributed by atoms with Gasteiger partial charge < -0.3 is 0 Å². The van der Waals surface area contributed by atoms with Crippen molar-refractivity contribution in [3.63, 3.8) is 0 Å².